The van der Waals surface area contributed by atoms with Crippen molar-refractivity contribution in [1.82, 2.24) is 4.98 Å². The monoisotopic (exact) mass is 223 g/mol. The third-order valence-electron chi connectivity index (χ3n) is 1.84. The van der Waals surface area contributed by atoms with Crippen LogP contribution in [0.15, 0.2) is 29.6 Å². The summed E-state index contributed by atoms with van der Waals surface area (Å²) in [5.41, 5.74) is 0.998. The highest BCUT2D eigenvalue weighted by Gasteiger charge is 2.00. The molecule has 0 aliphatic carbocycles. The number of halogens is 1. The highest BCUT2D eigenvalue weighted by Crippen LogP contribution is 2.15. The van der Waals surface area contributed by atoms with E-state index in [9.17, 15) is 4.39 Å². The molecule has 2 rings (SSSR count). The first-order valence-corrected chi connectivity index (χ1v) is 5.41. The van der Waals surface area contributed by atoms with Crippen LogP contribution in [0, 0.1) is 12.7 Å². The Morgan fingerprint density at radius 1 is 1.33 bits per heavy atom. The van der Waals surface area contributed by atoms with Gasteiger partial charge in [-0.05, 0) is 31.2 Å². The van der Waals surface area contributed by atoms with Crippen molar-refractivity contribution < 1.29 is 9.13 Å². The number of aromatic nitrogens is 1. The average Bonchev–Trinajstić information content (AvgIpc) is 2.64. The Labute approximate surface area is 91.4 Å². The van der Waals surface area contributed by atoms with E-state index in [-0.39, 0.29) is 5.82 Å². The van der Waals surface area contributed by atoms with Gasteiger partial charge in [-0.2, -0.15) is 0 Å². The molecule has 2 aromatic rings. The van der Waals surface area contributed by atoms with Crippen molar-refractivity contribution >= 4 is 11.3 Å². The number of nitrogens with zero attached hydrogens (tertiary/aromatic N) is 1. The molecule has 0 saturated carbocycles. The second-order valence-corrected chi connectivity index (χ2v) is 4.07. The minimum absolute atomic E-state index is 0.257. The van der Waals surface area contributed by atoms with E-state index in [4.69, 9.17) is 4.74 Å². The van der Waals surface area contributed by atoms with Crippen LogP contribution in [0.2, 0.25) is 0 Å². The Balaban J connectivity index is 1.96. The average molecular weight is 223 g/mol. The maximum Gasteiger partial charge on any atom is 0.140 e. The first-order chi connectivity index (χ1) is 7.24. The largest absolute Gasteiger partial charge is 0.486 e. The summed E-state index contributed by atoms with van der Waals surface area (Å²) in [5, 5.41) is 2.90. The lowest BCUT2D eigenvalue weighted by Gasteiger charge is -2.02. The molecule has 78 valence electrons. The van der Waals surface area contributed by atoms with E-state index in [1.165, 1.54) is 12.1 Å². The molecule has 0 saturated heterocycles. The molecular weight excluding hydrogens is 213 g/mol. The number of benzene rings is 1. The molecule has 15 heavy (non-hydrogen) atoms. The van der Waals surface area contributed by atoms with Gasteiger partial charge in [-0.25, -0.2) is 9.37 Å². The lowest BCUT2D eigenvalue weighted by atomic mass is 10.3. The third-order valence-corrected chi connectivity index (χ3v) is 2.78. The zero-order valence-electron chi connectivity index (χ0n) is 8.24. The molecule has 1 aromatic carbocycles. The van der Waals surface area contributed by atoms with Crippen LogP contribution in [-0.2, 0) is 6.61 Å². The van der Waals surface area contributed by atoms with Gasteiger partial charge in [0, 0.05) is 11.1 Å². The van der Waals surface area contributed by atoms with Gasteiger partial charge in [0.05, 0.1) is 0 Å². The lowest BCUT2D eigenvalue weighted by molar-refractivity contribution is 0.305. The van der Waals surface area contributed by atoms with E-state index < -0.39 is 0 Å². The smallest absolute Gasteiger partial charge is 0.140 e. The summed E-state index contributed by atoms with van der Waals surface area (Å²) >= 11 is 1.56. The molecular formula is C11H10FNOS. The maximum atomic E-state index is 12.6. The molecule has 0 bridgehead atoms. The van der Waals surface area contributed by atoms with Crippen LogP contribution in [0.25, 0.3) is 0 Å². The fourth-order valence-electron chi connectivity index (χ4n) is 1.14. The quantitative estimate of drug-likeness (QED) is 0.797. The fourth-order valence-corrected chi connectivity index (χ4v) is 1.83. The van der Waals surface area contributed by atoms with Gasteiger partial charge in [0.2, 0.25) is 0 Å². The van der Waals surface area contributed by atoms with Gasteiger partial charge in [-0.15, -0.1) is 11.3 Å². The second kappa shape index (κ2) is 4.40. The van der Waals surface area contributed by atoms with Gasteiger partial charge >= 0.3 is 0 Å². The summed E-state index contributed by atoms with van der Waals surface area (Å²) in [5.74, 6) is 0.400. The van der Waals surface area contributed by atoms with Crippen LogP contribution in [0.5, 0.6) is 5.75 Å². The van der Waals surface area contributed by atoms with Crippen molar-refractivity contribution in [3.8, 4) is 5.75 Å². The van der Waals surface area contributed by atoms with E-state index in [1.807, 2.05) is 12.3 Å². The van der Waals surface area contributed by atoms with Crippen LogP contribution < -0.4 is 4.74 Å². The number of hydrogen-bond acceptors (Lipinski definition) is 3. The standard InChI is InChI=1S/C11H10FNOS/c1-8-7-15-11(13-8)6-14-10-4-2-9(12)3-5-10/h2-5,7H,6H2,1H3. The molecule has 0 radical (unpaired) electrons. The third kappa shape index (κ3) is 2.76. The molecule has 1 aromatic heterocycles. The Bertz CT molecular complexity index is 438. The number of aryl methyl sites for hydroxylation is 1. The Kier molecular flexibility index (Phi) is 2.97. The van der Waals surface area contributed by atoms with Crippen LogP contribution in [-0.4, -0.2) is 4.98 Å². The van der Waals surface area contributed by atoms with E-state index >= 15 is 0 Å². The zero-order valence-corrected chi connectivity index (χ0v) is 9.05. The van der Waals surface area contributed by atoms with Gasteiger partial charge in [0.1, 0.15) is 23.2 Å². The molecule has 0 unspecified atom stereocenters. The lowest BCUT2D eigenvalue weighted by Crippen LogP contribution is -1.94. The minimum Gasteiger partial charge on any atom is -0.486 e. The van der Waals surface area contributed by atoms with Crippen molar-refractivity contribution in [2.24, 2.45) is 0 Å². The Hall–Kier alpha value is -1.42. The minimum atomic E-state index is -0.257. The van der Waals surface area contributed by atoms with E-state index in [0.29, 0.717) is 12.4 Å². The van der Waals surface area contributed by atoms with Crippen LogP contribution in [0.3, 0.4) is 0 Å². The van der Waals surface area contributed by atoms with E-state index in [2.05, 4.69) is 4.98 Å². The molecule has 0 atom stereocenters. The fraction of sp³-hybridized carbons (Fsp3) is 0.182. The molecule has 0 N–H and O–H groups in total. The molecule has 2 nitrogen and oxygen atoms in total. The Morgan fingerprint density at radius 3 is 2.67 bits per heavy atom. The molecule has 0 amide bonds. The Morgan fingerprint density at radius 2 is 2.07 bits per heavy atom. The van der Waals surface area contributed by atoms with Crippen LogP contribution >= 0.6 is 11.3 Å². The highest BCUT2D eigenvalue weighted by atomic mass is 32.1. The highest BCUT2D eigenvalue weighted by molar-refractivity contribution is 7.09. The predicted octanol–water partition coefficient (Wildman–Crippen LogP) is 3.17. The summed E-state index contributed by atoms with van der Waals surface area (Å²) in [7, 11) is 0. The first kappa shape index (κ1) is 10.1. The molecule has 0 spiro atoms. The molecule has 0 aliphatic rings. The predicted molar refractivity (Wildman–Crippen MR) is 57.6 cm³/mol. The van der Waals surface area contributed by atoms with E-state index in [1.54, 1.807) is 23.5 Å². The summed E-state index contributed by atoms with van der Waals surface area (Å²) in [6, 6.07) is 5.97. The van der Waals surface area contributed by atoms with Gasteiger partial charge in [-0.3, -0.25) is 0 Å². The van der Waals surface area contributed by atoms with Crippen molar-refractivity contribution in [2.45, 2.75) is 13.5 Å². The van der Waals surface area contributed by atoms with E-state index in [0.717, 1.165) is 10.7 Å². The van der Waals surface area contributed by atoms with Crippen molar-refractivity contribution in [3.63, 3.8) is 0 Å². The van der Waals surface area contributed by atoms with Crippen molar-refractivity contribution in [2.75, 3.05) is 0 Å². The summed E-state index contributed by atoms with van der Waals surface area (Å²) in [6.45, 7) is 2.38. The molecule has 0 aliphatic heterocycles. The number of thiazole rings is 1. The van der Waals surface area contributed by atoms with Gasteiger partial charge in [0.25, 0.3) is 0 Å². The molecule has 1 heterocycles. The second-order valence-electron chi connectivity index (χ2n) is 3.13. The van der Waals surface area contributed by atoms with Gasteiger partial charge < -0.3 is 4.74 Å². The summed E-state index contributed by atoms with van der Waals surface area (Å²) < 4.78 is 18.0. The first-order valence-electron chi connectivity index (χ1n) is 4.53. The van der Waals surface area contributed by atoms with Gasteiger partial charge in [0.15, 0.2) is 0 Å². The number of rotatable bonds is 3. The van der Waals surface area contributed by atoms with Crippen LogP contribution in [0.4, 0.5) is 4.39 Å². The van der Waals surface area contributed by atoms with Crippen LogP contribution in [0.1, 0.15) is 10.7 Å². The maximum absolute atomic E-state index is 12.6. The van der Waals surface area contributed by atoms with Crippen molar-refractivity contribution in [3.05, 3.63) is 46.2 Å². The molecule has 4 heteroatoms. The zero-order chi connectivity index (χ0) is 10.7. The van der Waals surface area contributed by atoms with Crippen molar-refractivity contribution in [1.29, 1.82) is 0 Å². The summed E-state index contributed by atoms with van der Waals surface area (Å²) in [6.07, 6.45) is 0. The topological polar surface area (TPSA) is 22.1 Å². The number of ether oxygens (including phenoxy) is 1. The van der Waals surface area contributed by atoms with Gasteiger partial charge in [-0.1, -0.05) is 0 Å². The normalized spacial score (nSPS) is 10.3. The SMILES string of the molecule is Cc1csc(COc2ccc(F)cc2)n1. The molecule has 0 fully saturated rings. The number of hydrogen-bond donors (Lipinski definition) is 0. The summed E-state index contributed by atoms with van der Waals surface area (Å²) in [4.78, 5) is 4.26.